The van der Waals surface area contributed by atoms with Crippen molar-refractivity contribution in [3.63, 3.8) is 0 Å². The molecule has 90 valence electrons. The third-order valence-electron chi connectivity index (χ3n) is 2.13. The van der Waals surface area contributed by atoms with E-state index in [2.05, 4.69) is 5.32 Å². The van der Waals surface area contributed by atoms with Gasteiger partial charge in [-0.1, -0.05) is 6.07 Å². The number of amides is 1. The van der Waals surface area contributed by atoms with Gasteiger partial charge in [0, 0.05) is 5.56 Å². The summed E-state index contributed by atoms with van der Waals surface area (Å²) in [4.78, 5) is 11.5. The van der Waals surface area contributed by atoms with Crippen LogP contribution in [0.5, 0.6) is 0 Å². The van der Waals surface area contributed by atoms with Gasteiger partial charge < -0.3 is 5.32 Å². The molecule has 5 heteroatoms. The SMILES string of the molecule is CC(C)(C#N)NC(=O)Cc1c(F)cccc1F. The van der Waals surface area contributed by atoms with Crippen LogP contribution in [0.4, 0.5) is 8.78 Å². The summed E-state index contributed by atoms with van der Waals surface area (Å²) < 4.78 is 26.5. The zero-order valence-corrected chi connectivity index (χ0v) is 9.55. The third kappa shape index (κ3) is 3.52. The van der Waals surface area contributed by atoms with Gasteiger partial charge in [0.05, 0.1) is 12.5 Å². The Morgan fingerprint density at radius 1 is 1.41 bits per heavy atom. The average Bonchev–Trinajstić information content (AvgIpc) is 2.23. The van der Waals surface area contributed by atoms with Gasteiger partial charge in [0.1, 0.15) is 17.2 Å². The Morgan fingerprint density at radius 2 is 1.94 bits per heavy atom. The second-order valence-electron chi connectivity index (χ2n) is 4.16. The van der Waals surface area contributed by atoms with Gasteiger partial charge in [0.25, 0.3) is 0 Å². The number of rotatable bonds is 3. The number of hydrogen-bond donors (Lipinski definition) is 1. The number of carbonyl (C=O) groups is 1. The molecule has 1 rings (SSSR count). The minimum atomic E-state index is -1.06. The van der Waals surface area contributed by atoms with Crippen LogP contribution in [0.3, 0.4) is 0 Å². The van der Waals surface area contributed by atoms with Gasteiger partial charge in [-0.25, -0.2) is 8.78 Å². The molecule has 0 aromatic heterocycles. The van der Waals surface area contributed by atoms with E-state index in [1.165, 1.54) is 19.9 Å². The molecule has 1 aromatic carbocycles. The first-order valence-corrected chi connectivity index (χ1v) is 5.01. The Bertz CT molecular complexity index is 458. The van der Waals surface area contributed by atoms with Crippen molar-refractivity contribution in [3.05, 3.63) is 35.4 Å². The minimum Gasteiger partial charge on any atom is -0.338 e. The summed E-state index contributed by atoms with van der Waals surface area (Å²) in [7, 11) is 0. The maximum Gasteiger partial charge on any atom is 0.225 e. The monoisotopic (exact) mass is 238 g/mol. The second-order valence-corrected chi connectivity index (χ2v) is 4.16. The van der Waals surface area contributed by atoms with Crippen molar-refractivity contribution < 1.29 is 13.6 Å². The summed E-state index contributed by atoms with van der Waals surface area (Å²) in [6, 6.07) is 5.26. The van der Waals surface area contributed by atoms with E-state index in [1.54, 1.807) is 0 Å². The van der Waals surface area contributed by atoms with Crippen molar-refractivity contribution in [2.75, 3.05) is 0 Å². The lowest BCUT2D eigenvalue weighted by molar-refractivity contribution is -0.121. The highest BCUT2D eigenvalue weighted by Crippen LogP contribution is 2.13. The first kappa shape index (κ1) is 13.1. The summed E-state index contributed by atoms with van der Waals surface area (Å²) in [6.45, 7) is 3.01. The number of carbonyl (C=O) groups excluding carboxylic acids is 1. The Hall–Kier alpha value is -1.96. The van der Waals surface area contributed by atoms with Crippen molar-refractivity contribution in [3.8, 4) is 6.07 Å². The molecule has 1 aromatic rings. The van der Waals surface area contributed by atoms with Gasteiger partial charge in [-0.15, -0.1) is 0 Å². The van der Waals surface area contributed by atoms with Gasteiger partial charge in [-0.2, -0.15) is 5.26 Å². The predicted molar refractivity (Wildman–Crippen MR) is 57.9 cm³/mol. The molecule has 0 unspecified atom stereocenters. The first-order chi connectivity index (χ1) is 7.85. The van der Waals surface area contributed by atoms with Crippen LogP contribution < -0.4 is 5.32 Å². The Balaban J connectivity index is 2.80. The number of nitrogens with one attached hydrogen (secondary N) is 1. The third-order valence-corrected chi connectivity index (χ3v) is 2.13. The van der Waals surface area contributed by atoms with Crippen LogP contribution in [0, 0.1) is 23.0 Å². The molecular formula is C12H12F2N2O. The molecule has 3 nitrogen and oxygen atoms in total. The molecular weight excluding hydrogens is 226 g/mol. The molecule has 1 amide bonds. The highest BCUT2D eigenvalue weighted by Gasteiger charge is 2.21. The molecule has 0 aliphatic heterocycles. The van der Waals surface area contributed by atoms with Crippen LogP contribution in [-0.4, -0.2) is 11.4 Å². The Morgan fingerprint density at radius 3 is 2.41 bits per heavy atom. The van der Waals surface area contributed by atoms with E-state index in [-0.39, 0.29) is 5.56 Å². The summed E-state index contributed by atoms with van der Waals surface area (Å²) in [5.74, 6) is -2.13. The average molecular weight is 238 g/mol. The fraction of sp³-hybridized carbons (Fsp3) is 0.333. The van der Waals surface area contributed by atoms with Crippen molar-refractivity contribution in [2.45, 2.75) is 25.8 Å². The van der Waals surface area contributed by atoms with E-state index in [9.17, 15) is 13.6 Å². The van der Waals surface area contributed by atoms with Crippen LogP contribution in [-0.2, 0) is 11.2 Å². The topological polar surface area (TPSA) is 52.9 Å². The number of hydrogen-bond acceptors (Lipinski definition) is 2. The standard InChI is InChI=1S/C12H12F2N2O/c1-12(2,7-15)16-11(17)6-8-9(13)4-3-5-10(8)14/h3-5H,6H2,1-2H3,(H,16,17). The van der Waals surface area contributed by atoms with E-state index in [1.807, 2.05) is 6.07 Å². The predicted octanol–water partition coefficient (Wildman–Crippen LogP) is 1.93. The maximum atomic E-state index is 13.2. The van der Waals surface area contributed by atoms with Gasteiger partial charge >= 0.3 is 0 Å². The van der Waals surface area contributed by atoms with Crippen LogP contribution in [0.25, 0.3) is 0 Å². The highest BCUT2D eigenvalue weighted by atomic mass is 19.1. The molecule has 0 atom stereocenters. The van der Waals surface area contributed by atoms with Crippen molar-refractivity contribution in [2.24, 2.45) is 0 Å². The zero-order chi connectivity index (χ0) is 13.1. The summed E-state index contributed by atoms with van der Waals surface area (Å²) in [5.41, 5.74) is -1.35. The van der Waals surface area contributed by atoms with E-state index in [0.29, 0.717) is 0 Å². The molecule has 0 saturated carbocycles. The van der Waals surface area contributed by atoms with Crippen molar-refractivity contribution in [1.29, 1.82) is 5.26 Å². The number of halogens is 2. The molecule has 0 heterocycles. The highest BCUT2D eigenvalue weighted by molar-refractivity contribution is 5.79. The zero-order valence-electron chi connectivity index (χ0n) is 9.55. The van der Waals surface area contributed by atoms with Gasteiger partial charge in [0.15, 0.2) is 0 Å². The minimum absolute atomic E-state index is 0.293. The lowest BCUT2D eigenvalue weighted by Crippen LogP contribution is -2.43. The Labute approximate surface area is 98.1 Å². The molecule has 17 heavy (non-hydrogen) atoms. The molecule has 0 aliphatic rings. The van der Waals surface area contributed by atoms with E-state index in [4.69, 9.17) is 5.26 Å². The fourth-order valence-corrected chi connectivity index (χ4v) is 1.28. The van der Waals surface area contributed by atoms with E-state index >= 15 is 0 Å². The maximum absolute atomic E-state index is 13.2. The van der Waals surface area contributed by atoms with Gasteiger partial charge in [0.2, 0.25) is 5.91 Å². The number of benzene rings is 1. The van der Waals surface area contributed by atoms with Gasteiger partial charge in [-0.3, -0.25) is 4.79 Å². The lowest BCUT2D eigenvalue weighted by atomic mass is 10.1. The van der Waals surface area contributed by atoms with Crippen LogP contribution >= 0.6 is 0 Å². The number of nitrogens with zero attached hydrogens (tertiary/aromatic N) is 1. The molecule has 0 aliphatic carbocycles. The molecule has 0 saturated heterocycles. The molecule has 0 fully saturated rings. The molecule has 0 spiro atoms. The van der Waals surface area contributed by atoms with Crippen LogP contribution in [0.2, 0.25) is 0 Å². The summed E-state index contributed by atoms with van der Waals surface area (Å²) in [6.07, 6.45) is -0.427. The quantitative estimate of drug-likeness (QED) is 0.874. The van der Waals surface area contributed by atoms with Crippen LogP contribution in [0.15, 0.2) is 18.2 Å². The lowest BCUT2D eigenvalue weighted by Gasteiger charge is -2.17. The number of nitriles is 1. The molecule has 0 bridgehead atoms. The fourth-order valence-electron chi connectivity index (χ4n) is 1.28. The normalized spacial score (nSPS) is 10.8. The van der Waals surface area contributed by atoms with E-state index in [0.717, 1.165) is 12.1 Å². The van der Waals surface area contributed by atoms with Crippen LogP contribution in [0.1, 0.15) is 19.4 Å². The molecule has 0 radical (unpaired) electrons. The summed E-state index contributed by atoms with van der Waals surface area (Å²) in [5, 5.41) is 11.1. The smallest absolute Gasteiger partial charge is 0.225 e. The van der Waals surface area contributed by atoms with Crippen molar-refractivity contribution >= 4 is 5.91 Å². The largest absolute Gasteiger partial charge is 0.338 e. The Kier molecular flexibility index (Phi) is 3.79. The summed E-state index contributed by atoms with van der Waals surface area (Å²) >= 11 is 0. The first-order valence-electron chi connectivity index (χ1n) is 5.01. The second kappa shape index (κ2) is 4.91. The van der Waals surface area contributed by atoms with Gasteiger partial charge in [-0.05, 0) is 26.0 Å². The van der Waals surface area contributed by atoms with E-state index < -0.39 is 29.5 Å². The molecule has 1 N–H and O–H groups in total. The van der Waals surface area contributed by atoms with Crippen molar-refractivity contribution in [1.82, 2.24) is 5.32 Å².